The summed E-state index contributed by atoms with van der Waals surface area (Å²) in [7, 11) is 0. The molecule has 7 heteroatoms. The number of nitrogens with two attached hydrogens (primary N) is 1. The number of aliphatic imine (C=N–C) groups is 1. The first-order chi connectivity index (χ1) is 6.02. The maximum Gasteiger partial charge on any atom is 0.146 e. The quantitative estimate of drug-likeness (QED) is 0.366. The lowest BCUT2D eigenvalue weighted by Crippen LogP contribution is -2.25. The summed E-state index contributed by atoms with van der Waals surface area (Å²) in [6.07, 6.45) is 0. The van der Waals surface area contributed by atoms with Gasteiger partial charge in [0, 0.05) is 5.88 Å². The van der Waals surface area contributed by atoms with Crippen molar-refractivity contribution < 1.29 is 0 Å². The van der Waals surface area contributed by atoms with Crippen molar-refractivity contribution in [1.29, 1.82) is 0 Å². The first kappa shape index (κ1) is 13.7. The highest BCUT2D eigenvalue weighted by Crippen LogP contribution is 2.17. The van der Waals surface area contributed by atoms with E-state index in [2.05, 4.69) is 4.99 Å². The van der Waals surface area contributed by atoms with Gasteiger partial charge in [0.1, 0.15) is 16.4 Å². The zero-order valence-electron chi connectivity index (χ0n) is 6.41. The Hall–Kier alpha value is 0.660. The minimum absolute atomic E-state index is 0.0323. The molecule has 76 valence electrons. The molecule has 0 amide bonds. The van der Waals surface area contributed by atoms with Crippen LogP contribution in [0, 0.1) is 0 Å². The van der Waals surface area contributed by atoms with E-state index in [0.717, 1.165) is 0 Å². The van der Waals surface area contributed by atoms with Crippen molar-refractivity contribution in [3.8, 4) is 0 Å². The predicted molar refractivity (Wildman–Crippen MR) is 61.4 cm³/mol. The van der Waals surface area contributed by atoms with E-state index in [1.807, 2.05) is 0 Å². The highest BCUT2D eigenvalue weighted by molar-refractivity contribution is 6.43. The molecule has 2 nitrogen and oxygen atoms in total. The third-order valence-electron chi connectivity index (χ3n) is 1.02. The normalized spacial score (nSPS) is 16.8. The molecular weight excluding hydrogens is 277 g/mol. The highest BCUT2D eigenvalue weighted by Gasteiger charge is 2.08. The topological polar surface area (TPSA) is 38.4 Å². The summed E-state index contributed by atoms with van der Waals surface area (Å²) in [5, 5.41) is -0.315. The van der Waals surface area contributed by atoms with Gasteiger partial charge in [-0.15, -0.1) is 34.8 Å². The molecule has 1 unspecified atom stereocenters. The number of rotatable bonds is 4. The second-order valence-corrected chi connectivity index (χ2v) is 3.90. The molecule has 0 rings (SSSR count). The summed E-state index contributed by atoms with van der Waals surface area (Å²) < 4.78 is 0. The van der Waals surface area contributed by atoms with Crippen molar-refractivity contribution in [1.82, 2.24) is 0 Å². The van der Waals surface area contributed by atoms with E-state index in [1.54, 1.807) is 0 Å². The lowest BCUT2D eigenvalue weighted by molar-refractivity contribution is 1.24. The number of alkyl halides is 3. The van der Waals surface area contributed by atoms with Crippen molar-refractivity contribution in [3.63, 3.8) is 0 Å². The van der Waals surface area contributed by atoms with E-state index in [0.29, 0.717) is 0 Å². The molecular formula is C6H7Cl5N2. The molecule has 0 aromatic carbocycles. The van der Waals surface area contributed by atoms with Gasteiger partial charge in [-0.05, 0) is 0 Å². The summed E-state index contributed by atoms with van der Waals surface area (Å²) >= 11 is 27.7. The molecule has 0 aromatic heterocycles. The molecule has 0 aliphatic heterocycles. The van der Waals surface area contributed by atoms with Crippen LogP contribution in [0.25, 0.3) is 0 Å². The Morgan fingerprint density at radius 3 is 2.23 bits per heavy atom. The average Bonchev–Trinajstić information content (AvgIpc) is 2.14. The van der Waals surface area contributed by atoms with Gasteiger partial charge in [0.25, 0.3) is 0 Å². The van der Waals surface area contributed by atoms with Gasteiger partial charge in [-0.3, -0.25) is 0 Å². The zero-order chi connectivity index (χ0) is 10.4. The van der Waals surface area contributed by atoms with Crippen LogP contribution < -0.4 is 5.73 Å². The van der Waals surface area contributed by atoms with Crippen molar-refractivity contribution >= 4 is 63.8 Å². The molecule has 0 saturated heterocycles. The van der Waals surface area contributed by atoms with Gasteiger partial charge in [0.15, 0.2) is 0 Å². The van der Waals surface area contributed by atoms with E-state index >= 15 is 0 Å². The van der Waals surface area contributed by atoms with Crippen LogP contribution >= 0.6 is 58.0 Å². The van der Waals surface area contributed by atoms with E-state index in [-0.39, 0.29) is 27.8 Å². The van der Waals surface area contributed by atoms with Crippen molar-refractivity contribution in [2.75, 3.05) is 11.8 Å². The van der Waals surface area contributed by atoms with Crippen LogP contribution in [0.4, 0.5) is 0 Å². The van der Waals surface area contributed by atoms with Crippen LogP contribution in [0.2, 0.25) is 0 Å². The molecule has 0 aliphatic carbocycles. The SMILES string of the molecule is N/C(=N/C(Cl)=C(/Cl)CCl)C(Cl)CCl. The standard InChI is InChI=1S/C6H7Cl5N2/c7-1-3(9)5(11)13-6(12)4(10)2-8/h4H,1-2H2,(H2,12,13)/b5-3+. The fraction of sp³-hybridized carbons (Fsp3) is 0.500. The maximum absolute atomic E-state index is 5.66. The fourth-order valence-corrected chi connectivity index (χ4v) is 0.987. The smallest absolute Gasteiger partial charge is 0.146 e. The fourth-order valence-electron chi connectivity index (χ4n) is 0.378. The van der Waals surface area contributed by atoms with Crippen LogP contribution in [0.3, 0.4) is 0 Å². The summed E-state index contributed by atoms with van der Waals surface area (Å²) in [6, 6.07) is 0. The molecule has 0 spiro atoms. The summed E-state index contributed by atoms with van der Waals surface area (Å²) in [4.78, 5) is 3.73. The second-order valence-electron chi connectivity index (χ2n) is 1.99. The molecule has 0 aliphatic rings. The van der Waals surface area contributed by atoms with E-state index in [4.69, 9.17) is 63.7 Å². The van der Waals surface area contributed by atoms with Crippen molar-refractivity contribution in [2.45, 2.75) is 5.38 Å². The van der Waals surface area contributed by atoms with Crippen LogP contribution in [0.5, 0.6) is 0 Å². The van der Waals surface area contributed by atoms with Gasteiger partial charge in [-0.1, -0.05) is 23.2 Å². The molecule has 0 bridgehead atoms. The van der Waals surface area contributed by atoms with Gasteiger partial charge in [0.2, 0.25) is 0 Å². The second kappa shape index (κ2) is 7.02. The predicted octanol–water partition coefficient (Wildman–Crippen LogP) is 3.08. The number of allylic oxidation sites excluding steroid dienone is 1. The van der Waals surface area contributed by atoms with E-state index < -0.39 is 5.38 Å². The summed E-state index contributed by atoms with van der Waals surface area (Å²) in [5.41, 5.74) is 5.43. The minimum Gasteiger partial charge on any atom is -0.386 e. The lowest BCUT2D eigenvalue weighted by atomic mass is 10.4. The monoisotopic (exact) mass is 282 g/mol. The van der Waals surface area contributed by atoms with Gasteiger partial charge in [-0.25, -0.2) is 4.99 Å². The summed E-state index contributed by atoms with van der Waals surface area (Å²) in [5.74, 6) is 0.342. The number of halogens is 5. The average molecular weight is 284 g/mol. The third kappa shape index (κ3) is 5.18. The van der Waals surface area contributed by atoms with Crippen LogP contribution in [0.15, 0.2) is 15.2 Å². The Morgan fingerprint density at radius 2 is 1.85 bits per heavy atom. The maximum atomic E-state index is 5.66. The molecule has 0 heterocycles. The zero-order valence-corrected chi connectivity index (χ0v) is 10.2. The van der Waals surface area contributed by atoms with Crippen molar-refractivity contribution in [2.24, 2.45) is 10.7 Å². The number of nitrogens with zero attached hydrogens (tertiary/aromatic N) is 1. The molecule has 0 fully saturated rings. The Bertz CT molecular complexity index is 225. The van der Waals surface area contributed by atoms with Gasteiger partial charge < -0.3 is 5.73 Å². The van der Waals surface area contributed by atoms with E-state index in [9.17, 15) is 0 Å². The van der Waals surface area contributed by atoms with Gasteiger partial charge in [-0.2, -0.15) is 0 Å². The first-order valence-electron chi connectivity index (χ1n) is 3.17. The Kier molecular flexibility index (Phi) is 7.37. The molecule has 2 N–H and O–H groups in total. The lowest BCUT2D eigenvalue weighted by Gasteiger charge is -2.03. The molecule has 1 atom stereocenters. The van der Waals surface area contributed by atoms with Gasteiger partial charge >= 0.3 is 0 Å². The molecule has 13 heavy (non-hydrogen) atoms. The summed E-state index contributed by atoms with van der Waals surface area (Å²) in [6.45, 7) is 0. The highest BCUT2D eigenvalue weighted by atomic mass is 35.5. The van der Waals surface area contributed by atoms with Gasteiger partial charge in [0.05, 0.1) is 10.9 Å². The van der Waals surface area contributed by atoms with Crippen LogP contribution in [-0.2, 0) is 0 Å². The number of amidine groups is 1. The molecule has 0 radical (unpaired) electrons. The van der Waals surface area contributed by atoms with Crippen LogP contribution in [0.1, 0.15) is 0 Å². The largest absolute Gasteiger partial charge is 0.386 e. The van der Waals surface area contributed by atoms with E-state index in [1.165, 1.54) is 0 Å². The number of hydrogen-bond acceptors (Lipinski definition) is 1. The molecule has 0 aromatic rings. The Morgan fingerprint density at radius 1 is 1.31 bits per heavy atom. The first-order valence-corrected chi connectivity index (χ1v) is 5.43. The third-order valence-corrected chi connectivity index (χ3v) is 3.00. The Balaban J connectivity index is 4.56. The molecule has 0 saturated carbocycles. The number of hydrogen-bond donors (Lipinski definition) is 1. The Labute approximate surface area is 102 Å². The van der Waals surface area contributed by atoms with Crippen molar-refractivity contribution in [3.05, 3.63) is 10.2 Å². The van der Waals surface area contributed by atoms with Crippen LogP contribution in [-0.4, -0.2) is 23.0 Å². The minimum atomic E-state index is -0.560.